The molecule has 110 valence electrons. The van der Waals surface area contributed by atoms with Gasteiger partial charge in [0.2, 0.25) is 10.0 Å². The summed E-state index contributed by atoms with van der Waals surface area (Å²) in [7, 11) is -3.80. The minimum Gasteiger partial charge on any atom is -0.508 e. The smallest absolute Gasteiger partial charge is 0.321 e. The number of ether oxygens (including phenoxy) is 1. The molecular weight excluding hydrogens is 282 g/mol. The van der Waals surface area contributed by atoms with Gasteiger partial charge in [-0.2, -0.15) is 4.31 Å². The number of hydrogen-bond donors (Lipinski definition) is 1. The van der Waals surface area contributed by atoms with E-state index >= 15 is 0 Å². The van der Waals surface area contributed by atoms with E-state index in [0.717, 1.165) is 17.1 Å². The van der Waals surface area contributed by atoms with Crippen molar-refractivity contribution in [1.29, 1.82) is 0 Å². The molecule has 0 saturated heterocycles. The molecule has 1 aliphatic rings. The molecule has 1 fully saturated rings. The van der Waals surface area contributed by atoms with Crippen molar-refractivity contribution in [3.05, 3.63) is 24.3 Å². The third-order valence-corrected chi connectivity index (χ3v) is 4.86. The van der Waals surface area contributed by atoms with Crippen LogP contribution < -0.4 is 0 Å². The number of sulfonamides is 1. The molecule has 0 heterocycles. The molecule has 0 bridgehead atoms. The number of aromatic hydroxyl groups is 1. The van der Waals surface area contributed by atoms with Crippen LogP contribution in [0.5, 0.6) is 5.75 Å². The Bertz CT molecular complexity index is 595. The zero-order chi connectivity index (χ0) is 14.8. The third-order valence-electron chi connectivity index (χ3n) is 2.97. The molecular formula is C13H17NO5S. The Morgan fingerprint density at radius 1 is 1.45 bits per heavy atom. The van der Waals surface area contributed by atoms with Gasteiger partial charge in [-0.15, -0.1) is 0 Å². The maximum Gasteiger partial charge on any atom is 0.321 e. The van der Waals surface area contributed by atoms with E-state index in [1.54, 1.807) is 6.92 Å². The van der Waals surface area contributed by atoms with Gasteiger partial charge in [-0.3, -0.25) is 4.79 Å². The van der Waals surface area contributed by atoms with Crippen molar-refractivity contribution in [2.24, 2.45) is 0 Å². The molecule has 7 heteroatoms. The molecule has 0 atom stereocenters. The highest BCUT2D eigenvalue weighted by Gasteiger charge is 2.39. The normalized spacial score (nSPS) is 15.3. The van der Waals surface area contributed by atoms with Crippen molar-refractivity contribution in [3.8, 4) is 5.75 Å². The van der Waals surface area contributed by atoms with Crippen molar-refractivity contribution < 1.29 is 23.1 Å². The fraction of sp³-hybridized carbons (Fsp3) is 0.462. The van der Waals surface area contributed by atoms with E-state index in [9.17, 15) is 18.3 Å². The number of nitrogens with zero attached hydrogens (tertiary/aromatic N) is 1. The van der Waals surface area contributed by atoms with Crippen LogP contribution in [0.15, 0.2) is 29.2 Å². The van der Waals surface area contributed by atoms with Crippen LogP contribution in [0.25, 0.3) is 0 Å². The Labute approximate surface area is 118 Å². The van der Waals surface area contributed by atoms with Crippen molar-refractivity contribution in [1.82, 2.24) is 4.31 Å². The third kappa shape index (κ3) is 3.29. The molecule has 2 rings (SSSR count). The molecule has 0 aliphatic heterocycles. The number of phenols is 1. The predicted molar refractivity (Wildman–Crippen MR) is 71.7 cm³/mol. The lowest BCUT2D eigenvalue weighted by molar-refractivity contribution is -0.143. The van der Waals surface area contributed by atoms with E-state index in [4.69, 9.17) is 4.74 Å². The summed E-state index contributed by atoms with van der Waals surface area (Å²) in [5.41, 5.74) is 0. The maximum atomic E-state index is 12.5. The number of phenolic OH excluding ortho intramolecular Hbond substituents is 1. The minimum absolute atomic E-state index is 0.0197. The fourth-order valence-electron chi connectivity index (χ4n) is 1.89. The lowest BCUT2D eigenvalue weighted by atomic mass is 10.3. The molecule has 0 radical (unpaired) electrons. The summed E-state index contributed by atoms with van der Waals surface area (Å²) in [6, 6.07) is 5.27. The van der Waals surface area contributed by atoms with Crippen LogP contribution in [-0.4, -0.2) is 43.0 Å². The fourth-order valence-corrected chi connectivity index (χ4v) is 3.56. The van der Waals surface area contributed by atoms with E-state index in [-0.39, 0.29) is 29.8 Å². The maximum absolute atomic E-state index is 12.5. The number of carbonyl (C=O) groups excluding carboxylic acids is 1. The Morgan fingerprint density at radius 2 is 2.15 bits per heavy atom. The van der Waals surface area contributed by atoms with Gasteiger partial charge in [0.1, 0.15) is 12.3 Å². The molecule has 1 aromatic rings. The zero-order valence-corrected chi connectivity index (χ0v) is 12.0. The van der Waals surface area contributed by atoms with Gasteiger partial charge < -0.3 is 9.84 Å². The number of carbonyl (C=O) groups is 1. The number of rotatable bonds is 6. The van der Waals surface area contributed by atoms with E-state index in [1.807, 2.05) is 0 Å². The van der Waals surface area contributed by atoms with Gasteiger partial charge in [-0.05, 0) is 38.0 Å². The highest BCUT2D eigenvalue weighted by molar-refractivity contribution is 7.89. The Balaban J connectivity index is 2.26. The van der Waals surface area contributed by atoms with Crippen LogP contribution in [0, 0.1) is 0 Å². The Hall–Kier alpha value is -1.60. The molecule has 1 aromatic carbocycles. The average Bonchev–Trinajstić information content (AvgIpc) is 3.20. The van der Waals surface area contributed by atoms with Crippen LogP contribution in [0.3, 0.4) is 0 Å². The molecule has 0 spiro atoms. The second kappa shape index (κ2) is 5.80. The Kier molecular flexibility index (Phi) is 4.29. The highest BCUT2D eigenvalue weighted by atomic mass is 32.2. The summed E-state index contributed by atoms with van der Waals surface area (Å²) in [6.07, 6.45) is 1.47. The topological polar surface area (TPSA) is 83.9 Å². The Morgan fingerprint density at radius 3 is 2.70 bits per heavy atom. The molecule has 1 N–H and O–H groups in total. The SMILES string of the molecule is CCOC(=O)CN(C1CC1)S(=O)(=O)c1cccc(O)c1. The first-order valence-electron chi connectivity index (χ1n) is 6.41. The standard InChI is InChI=1S/C13H17NO5S/c1-2-19-13(16)9-14(10-6-7-10)20(17,18)12-5-3-4-11(15)8-12/h3-5,8,10,15H,2,6-7,9H2,1H3. The quantitative estimate of drug-likeness (QED) is 0.795. The van der Waals surface area contributed by atoms with Crippen LogP contribution >= 0.6 is 0 Å². The second-order valence-electron chi connectivity index (χ2n) is 4.58. The molecule has 1 aliphatic carbocycles. The number of benzene rings is 1. The van der Waals surface area contributed by atoms with E-state index < -0.39 is 16.0 Å². The van der Waals surface area contributed by atoms with Gasteiger partial charge in [-0.25, -0.2) is 8.42 Å². The second-order valence-corrected chi connectivity index (χ2v) is 6.47. The first kappa shape index (κ1) is 14.8. The van der Waals surface area contributed by atoms with Crippen molar-refractivity contribution in [2.75, 3.05) is 13.2 Å². The first-order valence-corrected chi connectivity index (χ1v) is 7.85. The van der Waals surface area contributed by atoms with Crippen LogP contribution in [0.4, 0.5) is 0 Å². The van der Waals surface area contributed by atoms with E-state index in [1.165, 1.54) is 24.3 Å². The van der Waals surface area contributed by atoms with Gasteiger partial charge in [0.05, 0.1) is 11.5 Å². The van der Waals surface area contributed by atoms with Crippen LogP contribution in [0.1, 0.15) is 19.8 Å². The van der Waals surface area contributed by atoms with Gasteiger partial charge in [0.25, 0.3) is 0 Å². The van der Waals surface area contributed by atoms with Gasteiger partial charge >= 0.3 is 5.97 Å². The van der Waals surface area contributed by atoms with E-state index in [0.29, 0.717) is 0 Å². The highest BCUT2D eigenvalue weighted by Crippen LogP contribution is 2.32. The van der Waals surface area contributed by atoms with Gasteiger partial charge in [0, 0.05) is 6.04 Å². The summed E-state index contributed by atoms with van der Waals surface area (Å²) < 4.78 is 31.0. The first-order chi connectivity index (χ1) is 9.45. The van der Waals surface area contributed by atoms with Gasteiger partial charge in [-0.1, -0.05) is 6.07 Å². The summed E-state index contributed by atoms with van der Waals surface area (Å²) in [4.78, 5) is 11.5. The van der Waals surface area contributed by atoms with E-state index in [2.05, 4.69) is 0 Å². The molecule has 0 aromatic heterocycles. The molecule has 6 nitrogen and oxygen atoms in total. The zero-order valence-electron chi connectivity index (χ0n) is 11.2. The van der Waals surface area contributed by atoms with Crippen molar-refractivity contribution in [2.45, 2.75) is 30.7 Å². The summed E-state index contributed by atoms with van der Waals surface area (Å²) >= 11 is 0. The minimum atomic E-state index is -3.80. The summed E-state index contributed by atoms with van der Waals surface area (Å²) in [5, 5.41) is 9.40. The average molecular weight is 299 g/mol. The van der Waals surface area contributed by atoms with Crippen LogP contribution in [-0.2, 0) is 19.6 Å². The summed E-state index contributed by atoms with van der Waals surface area (Å²) in [5.74, 6) is -0.693. The largest absolute Gasteiger partial charge is 0.508 e. The van der Waals surface area contributed by atoms with Gasteiger partial charge in [0.15, 0.2) is 0 Å². The lowest BCUT2D eigenvalue weighted by Crippen LogP contribution is -2.38. The molecule has 0 amide bonds. The number of esters is 1. The van der Waals surface area contributed by atoms with Crippen molar-refractivity contribution in [3.63, 3.8) is 0 Å². The molecule has 1 saturated carbocycles. The summed E-state index contributed by atoms with van der Waals surface area (Å²) in [6.45, 7) is 1.59. The van der Waals surface area contributed by atoms with Crippen LogP contribution in [0.2, 0.25) is 0 Å². The lowest BCUT2D eigenvalue weighted by Gasteiger charge is -2.20. The van der Waals surface area contributed by atoms with Crippen molar-refractivity contribution >= 4 is 16.0 Å². The number of hydrogen-bond acceptors (Lipinski definition) is 5. The monoisotopic (exact) mass is 299 g/mol. The molecule has 20 heavy (non-hydrogen) atoms. The predicted octanol–water partition coefficient (Wildman–Crippen LogP) is 1.11. The molecule has 0 unspecified atom stereocenters.